The fraction of sp³-hybridized carbons (Fsp3) is 0.412. The molecule has 0 atom stereocenters. The van der Waals surface area contributed by atoms with Crippen LogP contribution in [0, 0.1) is 11.6 Å². The Bertz CT molecular complexity index is 715. The number of halogens is 2. The molecule has 1 aromatic carbocycles. The first-order chi connectivity index (χ1) is 12.0. The molecule has 0 unspecified atom stereocenters. The number of nitrogens with one attached hydrogen (secondary N) is 2. The normalized spacial score (nSPS) is 11.5. The maximum Gasteiger partial charge on any atom is 0.191 e. The molecule has 136 valence electrons. The first-order valence-electron chi connectivity index (χ1n) is 8.08. The summed E-state index contributed by atoms with van der Waals surface area (Å²) in [7, 11) is 3.89. The lowest BCUT2D eigenvalue weighted by Crippen LogP contribution is -2.38. The van der Waals surface area contributed by atoms with E-state index in [0.29, 0.717) is 37.6 Å². The van der Waals surface area contributed by atoms with Gasteiger partial charge < -0.3 is 15.5 Å². The molecule has 2 rings (SSSR count). The Morgan fingerprint density at radius 1 is 1.28 bits per heavy atom. The van der Waals surface area contributed by atoms with Crippen molar-refractivity contribution < 1.29 is 8.78 Å². The molecular weight excluding hydrogens is 344 g/mol. The second-order valence-electron chi connectivity index (χ2n) is 5.60. The smallest absolute Gasteiger partial charge is 0.191 e. The molecule has 0 fully saturated rings. The summed E-state index contributed by atoms with van der Waals surface area (Å²) >= 11 is 1.57. The van der Waals surface area contributed by atoms with Crippen LogP contribution in [0.25, 0.3) is 0 Å². The summed E-state index contributed by atoms with van der Waals surface area (Å²) in [5.74, 6) is -0.984. The molecule has 0 aliphatic heterocycles. The van der Waals surface area contributed by atoms with Crippen LogP contribution in [0.5, 0.6) is 0 Å². The molecule has 5 nitrogen and oxygen atoms in total. The zero-order chi connectivity index (χ0) is 18.2. The van der Waals surface area contributed by atoms with Gasteiger partial charge in [0.2, 0.25) is 0 Å². The zero-order valence-corrected chi connectivity index (χ0v) is 15.5. The Balaban J connectivity index is 1.91. The standard InChI is InChI=1S/C17H23F2N5S/c1-4-20-16(22-10-13-11-25-17(23-13)24(2)3)21-9-8-12-6-5-7-14(18)15(12)19/h5-7,11H,4,8-10H2,1-3H3,(H2,20,21,22). The van der Waals surface area contributed by atoms with Crippen molar-refractivity contribution in [2.75, 3.05) is 32.1 Å². The molecule has 0 amide bonds. The first-order valence-corrected chi connectivity index (χ1v) is 8.96. The first kappa shape index (κ1) is 19.1. The molecule has 2 N–H and O–H groups in total. The van der Waals surface area contributed by atoms with Crippen LogP contribution in [-0.4, -0.2) is 38.1 Å². The second kappa shape index (κ2) is 9.31. The molecule has 0 saturated heterocycles. The molecule has 25 heavy (non-hydrogen) atoms. The average Bonchev–Trinajstić information content (AvgIpc) is 3.06. The molecule has 0 radical (unpaired) electrons. The van der Waals surface area contributed by atoms with Crippen LogP contribution in [0.3, 0.4) is 0 Å². The number of hydrogen-bond donors (Lipinski definition) is 2. The van der Waals surface area contributed by atoms with Crippen LogP contribution in [-0.2, 0) is 13.0 Å². The van der Waals surface area contributed by atoms with Crippen LogP contribution < -0.4 is 15.5 Å². The molecular formula is C17H23F2N5S. The third-order valence-corrected chi connectivity index (χ3v) is 4.44. The summed E-state index contributed by atoms with van der Waals surface area (Å²) in [5, 5.41) is 9.17. The van der Waals surface area contributed by atoms with Crippen molar-refractivity contribution in [3.8, 4) is 0 Å². The van der Waals surface area contributed by atoms with E-state index in [1.807, 2.05) is 31.3 Å². The van der Waals surface area contributed by atoms with Crippen LogP contribution in [0.1, 0.15) is 18.2 Å². The molecule has 0 aliphatic carbocycles. The summed E-state index contributed by atoms with van der Waals surface area (Å²) in [6.45, 7) is 3.58. The Morgan fingerprint density at radius 3 is 2.76 bits per heavy atom. The maximum atomic E-state index is 13.7. The van der Waals surface area contributed by atoms with Gasteiger partial charge in [-0.1, -0.05) is 12.1 Å². The van der Waals surface area contributed by atoms with Gasteiger partial charge in [-0.15, -0.1) is 11.3 Å². The van der Waals surface area contributed by atoms with Gasteiger partial charge in [0, 0.05) is 32.6 Å². The maximum absolute atomic E-state index is 13.7. The number of benzene rings is 1. The van der Waals surface area contributed by atoms with Gasteiger partial charge in [-0.25, -0.2) is 18.8 Å². The number of thiazole rings is 1. The van der Waals surface area contributed by atoms with Crippen molar-refractivity contribution in [2.45, 2.75) is 19.9 Å². The summed E-state index contributed by atoms with van der Waals surface area (Å²) in [5.41, 5.74) is 1.24. The van der Waals surface area contributed by atoms with E-state index >= 15 is 0 Å². The Morgan fingerprint density at radius 2 is 2.08 bits per heavy atom. The highest BCUT2D eigenvalue weighted by atomic mass is 32.1. The highest BCUT2D eigenvalue weighted by Gasteiger charge is 2.08. The van der Waals surface area contributed by atoms with Gasteiger partial charge in [0.1, 0.15) is 0 Å². The van der Waals surface area contributed by atoms with E-state index in [-0.39, 0.29) is 0 Å². The topological polar surface area (TPSA) is 52.6 Å². The Kier molecular flexibility index (Phi) is 7.12. The number of nitrogens with zero attached hydrogens (tertiary/aromatic N) is 3. The van der Waals surface area contributed by atoms with Crippen molar-refractivity contribution in [1.29, 1.82) is 0 Å². The number of guanidine groups is 1. The Labute approximate surface area is 150 Å². The second-order valence-corrected chi connectivity index (χ2v) is 6.44. The van der Waals surface area contributed by atoms with E-state index < -0.39 is 11.6 Å². The van der Waals surface area contributed by atoms with E-state index in [2.05, 4.69) is 20.6 Å². The van der Waals surface area contributed by atoms with E-state index in [1.54, 1.807) is 17.4 Å². The van der Waals surface area contributed by atoms with Crippen molar-refractivity contribution in [3.63, 3.8) is 0 Å². The Hall–Kier alpha value is -2.22. The van der Waals surface area contributed by atoms with E-state index in [0.717, 1.165) is 16.9 Å². The zero-order valence-electron chi connectivity index (χ0n) is 14.6. The van der Waals surface area contributed by atoms with E-state index in [1.165, 1.54) is 6.07 Å². The van der Waals surface area contributed by atoms with Gasteiger partial charge in [-0.05, 0) is 25.0 Å². The summed E-state index contributed by atoms with van der Waals surface area (Å²) in [6, 6.07) is 4.22. The minimum atomic E-state index is -0.821. The molecule has 2 aromatic rings. The van der Waals surface area contributed by atoms with Gasteiger partial charge >= 0.3 is 0 Å². The van der Waals surface area contributed by atoms with Gasteiger partial charge in [0.25, 0.3) is 0 Å². The summed E-state index contributed by atoms with van der Waals surface area (Å²) < 4.78 is 26.9. The van der Waals surface area contributed by atoms with Crippen LogP contribution >= 0.6 is 11.3 Å². The quantitative estimate of drug-likeness (QED) is 0.584. The summed E-state index contributed by atoms with van der Waals surface area (Å²) in [4.78, 5) is 10.9. The van der Waals surface area contributed by atoms with Crippen LogP contribution in [0.15, 0.2) is 28.6 Å². The molecule has 0 saturated carbocycles. The predicted octanol–water partition coefficient (Wildman–Crippen LogP) is 2.79. The van der Waals surface area contributed by atoms with Gasteiger partial charge in [0.15, 0.2) is 22.7 Å². The fourth-order valence-electron chi connectivity index (χ4n) is 2.13. The number of hydrogen-bond acceptors (Lipinski definition) is 4. The molecule has 1 heterocycles. The monoisotopic (exact) mass is 367 g/mol. The highest BCUT2D eigenvalue weighted by Crippen LogP contribution is 2.18. The number of aromatic nitrogens is 1. The lowest BCUT2D eigenvalue weighted by atomic mass is 10.1. The van der Waals surface area contributed by atoms with Gasteiger partial charge in [0.05, 0.1) is 12.2 Å². The minimum absolute atomic E-state index is 0.346. The van der Waals surface area contributed by atoms with Gasteiger partial charge in [-0.3, -0.25) is 0 Å². The van der Waals surface area contributed by atoms with Crippen molar-refractivity contribution in [1.82, 2.24) is 15.6 Å². The lowest BCUT2D eigenvalue weighted by Gasteiger charge is -2.11. The lowest BCUT2D eigenvalue weighted by molar-refractivity contribution is 0.498. The molecule has 0 bridgehead atoms. The molecule has 8 heteroatoms. The number of rotatable bonds is 7. The van der Waals surface area contributed by atoms with Crippen molar-refractivity contribution in [2.24, 2.45) is 4.99 Å². The van der Waals surface area contributed by atoms with E-state index in [4.69, 9.17) is 0 Å². The minimum Gasteiger partial charge on any atom is -0.357 e. The number of aliphatic imine (C=N–C) groups is 1. The average molecular weight is 367 g/mol. The molecule has 1 aromatic heterocycles. The third kappa shape index (κ3) is 5.67. The molecule has 0 aliphatic rings. The van der Waals surface area contributed by atoms with E-state index in [9.17, 15) is 8.78 Å². The third-order valence-electron chi connectivity index (χ3n) is 3.38. The van der Waals surface area contributed by atoms with Crippen molar-refractivity contribution in [3.05, 3.63) is 46.5 Å². The molecule has 0 spiro atoms. The van der Waals surface area contributed by atoms with Crippen LogP contribution in [0.2, 0.25) is 0 Å². The highest BCUT2D eigenvalue weighted by molar-refractivity contribution is 7.13. The number of anilines is 1. The van der Waals surface area contributed by atoms with Crippen molar-refractivity contribution >= 4 is 22.4 Å². The fourth-order valence-corrected chi connectivity index (χ4v) is 2.88. The largest absolute Gasteiger partial charge is 0.357 e. The summed E-state index contributed by atoms with van der Waals surface area (Å²) in [6.07, 6.45) is 0.371. The predicted molar refractivity (Wildman–Crippen MR) is 99.3 cm³/mol. The SMILES string of the molecule is CCNC(=NCc1csc(N(C)C)n1)NCCc1cccc(F)c1F. The van der Waals surface area contributed by atoms with Crippen LogP contribution in [0.4, 0.5) is 13.9 Å². The van der Waals surface area contributed by atoms with Gasteiger partial charge in [-0.2, -0.15) is 0 Å².